The predicted molar refractivity (Wildman–Crippen MR) is 75.6 cm³/mol. The van der Waals surface area contributed by atoms with Crippen LogP contribution in [0, 0.1) is 0 Å². The van der Waals surface area contributed by atoms with Crippen molar-refractivity contribution >= 4 is 11.5 Å². The van der Waals surface area contributed by atoms with Crippen molar-refractivity contribution < 1.29 is 9.84 Å². The quantitative estimate of drug-likeness (QED) is 0.882. The van der Waals surface area contributed by atoms with Gasteiger partial charge in [0.15, 0.2) is 0 Å². The van der Waals surface area contributed by atoms with Crippen molar-refractivity contribution in [3.8, 4) is 5.75 Å². The van der Waals surface area contributed by atoms with Crippen LogP contribution in [0.2, 0.25) is 0 Å². The molecule has 0 aliphatic rings. The smallest absolute Gasteiger partial charge is 0.119 e. The van der Waals surface area contributed by atoms with Crippen molar-refractivity contribution in [3.05, 3.63) is 40.4 Å². The normalized spacial score (nSPS) is 12.4. The van der Waals surface area contributed by atoms with Gasteiger partial charge >= 0.3 is 0 Å². The molecule has 5 heteroatoms. The number of aliphatic hydroxyl groups is 1. The van der Waals surface area contributed by atoms with Gasteiger partial charge in [-0.1, -0.05) is 30.5 Å². The molecular formula is C14H18N2O2S. The van der Waals surface area contributed by atoms with E-state index in [0.717, 1.165) is 34.7 Å². The number of aromatic nitrogens is 2. The first-order valence-corrected chi connectivity index (χ1v) is 7.25. The molecule has 0 spiro atoms. The summed E-state index contributed by atoms with van der Waals surface area (Å²) in [6, 6.07) is 7.53. The Bertz CT molecular complexity index is 510. The molecule has 0 aliphatic carbocycles. The van der Waals surface area contributed by atoms with Gasteiger partial charge in [-0.25, -0.2) is 0 Å². The number of ether oxygens (including phenoxy) is 1. The fraction of sp³-hybridized carbons (Fsp3) is 0.429. The average Bonchev–Trinajstić information content (AvgIpc) is 2.93. The van der Waals surface area contributed by atoms with Crippen LogP contribution in [0.4, 0.5) is 0 Å². The third kappa shape index (κ3) is 3.30. The van der Waals surface area contributed by atoms with Crippen molar-refractivity contribution in [3.63, 3.8) is 0 Å². The number of nitrogens with zero attached hydrogens (tertiary/aromatic N) is 2. The van der Waals surface area contributed by atoms with Crippen molar-refractivity contribution in [2.75, 3.05) is 6.61 Å². The zero-order valence-electron chi connectivity index (χ0n) is 11.2. The summed E-state index contributed by atoms with van der Waals surface area (Å²) in [4.78, 5) is 0.824. The molecule has 19 heavy (non-hydrogen) atoms. The topological polar surface area (TPSA) is 55.2 Å². The maximum atomic E-state index is 10.3. The van der Waals surface area contributed by atoms with E-state index in [0.29, 0.717) is 6.61 Å². The number of rotatable bonds is 6. The molecule has 1 aromatic heterocycles. The number of benzene rings is 1. The Morgan fingerprint density at radius 3 is 2.63 bits per heavy atom. The lowest BCUT2D eigenvalue weighted by atomic mass is 10.1. The molecule has 1 aromatic carbocycles. The minimum absolute atomic E-state index is 0.657. The molecule has 1 heterocycles. The van der Waals surface area contributed by atoms with Crippen LogP contribution in [0.1, 0.15) is 42.5 Å². The monoisotopic (exact) mass is 278 g/mol. The van der Waals surface area contributed by atoms with E-state index in [9.17, 15) is 5.11 Å². The molecule has 0 saturated heterocycles. The Hall–Kier alpha value is -1.46. The maximum absolute atomic E-state index is 10.3. The van der Waals surface area contributed by atoms with Crippen LogP contribution in [0.3, 0.4) is 0 Å². The summed E-state index contributed by atoms with van der Waals surface area (Å²) in [7, 11) is 0. The van der Waals surface area contributed by atoms with E-state index in [-0.39, 0.29) is 0 Å². The summed E-state index contributed by atoms with van der Waals surface area (Å²) < 4.78 is 9.43. The first kappa shape index (κ1) is 14.0. The van der Waals surface area contributed by atoms with Crippen molar-refractivity contribution in [2.45, 2.75) is 32.8 Å². The Kier molecular flexibility index (Phi) is 4.87. The summed E-state index contributed by atoms with van der Waals surface area (Å²) in [5.41, 5.74) is 1.70. The Balaban J connectivity index is 2.13. The van der Waals surface area contributed by atoms with E-state index < -0.39 is 6.10 Å². The molecule has 102 valence electrons. The summed E-state index contributed by atoms with van der Waals surface area (Å²) in [6.45, 7) is 4.79. The second kappa shape index (κ2) is 6.63. The van der Waals surface area contributed by atoms with Crippen LogP contribution < -0.4 is 4.74 Å². The molecule has 0 bridgehead atoms. The Labute approximate surface area is 117 Å². The van der Waals surface area contributed by atoms with Crippen LogP contribution in [0.25, 0.3) is 0 Å². The largest absolute Gasteiger partial charge is 0.494 e. The standard InChI is InChI=1S/C14H18N2O2S/c1-3-9-18-11-7-5-10(6-8-11)13(17)14-12(4-2)15-16-19-14/h5-8,13,17H,3-4,9H2,1-2H3. The van der Waals surface area contributed by atoms with Gasteiger partial charge in [-0.15, -0.1) is 5.10 Å². The first-order chi connectivity index (χ1) is 9.26. The summed E-state index contributed by atoms with van der Waals surface area (Å²) in [6.07, 6.45) is 1.10. The lowest BCUT2D eigenvalue weighted by Crippen LogP contribution is -2.01. The van der Waals surface area contributed by atoms with Gasteiger partial charge < -0.3 is 9.84 Å². The van der Waals surface area contributed by atoms with Crippen molar-refractivity contribution in [1.29, 1.82) is 0 Å². The number of aryl methyl sites for hydroxylation is 1. The highest BCUT2D eigenvalue weighted by molar-refractivity contribution is 7.05. The molecule has 2 rings (SSSR count). The van der Waals surface area contributed by atoms with Gasteiger partial charge in [-0.3, -0.25) is 0 Å². The number of hydrogen-bond donors (Lipinski definition) is 1. The second-order valence-corrected chi connectivity index (χ2v) is 5.04. The fourth-order valence-electron chi connectivity index (χ4n) is 1.79. The van der Waals surface area contributed by atoms with Crippen LogP contribution in [0.15, 0.2) is 24.3 Å². The summed E-state index contributed by atoms with van der Waals surface area (Å²) in [5, 5.41) is 14.4. The predicted octanol–water partition coefficient (Wildman–Crippen LogP) is 2.97. The first-order valence-electron chi connectivity index (χ1n) is 6.48. The maximum Gasteiger partial charge on any atom is 0.119 e. The summed E-state index contributed by atoms with van der Waals surface area (Å²) in [5.74, 6) is 0.830. The third-order valence-electron chi connectivity index (χ3n) is 2.84. The lowest BCUT2D eigenvalue weighted by Gasteiger charge is -2.11. The lowest BCUT2D eigenvalue weighted by molar-refractivity contribution is 0.222. The Morgan fingerprint density at radius 2 is 2.00 bits per heavy atom. The molecule has 4 nitrogen and oxygen atoms in total. The zero-order chi connectivity index (χ0) is 13.7. The molecule has 0 radical (unpaired) electrons. The Morgan fingerprint density at radius 1 is 1.26 bits per heavy atom. The van der Waals surface area contributed by atoms with Gasteiger partial charge in [0.25, 0.3) is 0 Å². The minimum atomic E-state index is -0.657. The average molecular weight is 278 g/mol. The van der Waals surface area contributed by atoms with Gasteiger partial charge in [0.2, 0.25) is 0 Å². The zero-order valence-corrected chi connectivity index (χ0v) is 12.0. The molecule has 1 unspecified atom stereocenters. The van der Waals surface area contributed by atoms with Gasteiger partial charge in [-0.05, 0) is 42.1 Å². The van der Waals surface area contributed by atoms with Crippen LogP contribution >= 0.6 is 11.5 Å². The molecule has 1 atom stereocenters. The van der Waals surface area contributed by atoms with Crippen LogP contribution in [0.5, 0.6) is 5.75 Å². The second-order valence-electron chi connectivity index (χ2n) is 4.26. The van der Waals surface area contributed by atoms with E-state index in [1.165, 1.54) is 11.5 Å². The highest BCUT2D eigenvalue weighted by Crippen LogP contribution is 2.28. The fourth-order valence-corrected chi connectivity index (χ4v) is 2.54. The molecule has 1 N–H and O–H groups in total. The van der Waals surface area contributed by atoms with Crippen LogP contribution in [-0.2, 0) is 6.42 Å². The van der Waals surface area contributed by atoms with E-state index in [2.05, 4.69) is 16.5 Å². The minimum Gasteiger partial charge on any atom is -0.494 e. The highest BCUT2D eigenvalue weighted by Gasteiger charge is 2.17. The van der Waals surface area contributed by atoms with E-state index in [1.807, 2.05) is 31.2 Å². The van der Waals surface area contributed by atoms with Crippen molar-refractivity contribution in [2.24, 2.45) is 0 Å². The number of aliphatic hydroxyl groups excluding tert-OH is 1. The highest BCUT2D eigenvalue weighted by atomic mass is 32.1. The molecule has 2 aromatic rings. The molecule has 0 amide bonds. The number of hydrogen-bond acceptors (Lipinski definition) is 5. The van der Waals surface area contributed by atoms with Gasteiger partial charge in [-0.2, -0.15) is 0 Å². The summed E-state index contributed by atoms with van der Waals surface area (Å²) >= 11 is 1.25. The van der Waals surface area contributed by atoms with E-state index >= 15 is 0 Å². The van der Waals surface area contributed by atoms with Crippen LogP contribution in [-0.4, -0.2) is 21.3 Å². The van der Waals surface area contributed by atoms with Gasteiger partial charge in [0, 0.05) is 0 Å². The van der Waals surface area contributed by atoms with E-state index in [4.69, 9.17) is 4.74 Å². The molecule has 0 saturated carbocycles. The SMILES string of the molecule is CCCOc1ccc(C(O)c2snnc2CC)cc1. The third-order valence-corrected chi connectivity index (χ3v) is 3.66. The molecule has 0 aliphatic heterocycles. The molecule has 0 fully saturated rings. The van der Waals surface area contributed by atoms with E-state index in [1.54, 1.807) is 0 Å². The molecular weight excluding hydrogens is 260 g/mol. The van der Waals surface area contributed by atoms with Gasteiger partial charge in [0.1, 0.15) is 11.9 Å². The van der Waals surface area contributed by atoms with Gasteiger partial charge in [0.05, 0.1) is 17.2 Å². The van der Waals surface area contributed by atoms with Crippen molar-refractivity contribution in [1.82, 2.24) is 9.59 Å².